The zero-order chi connectivity index (χ0) is 23.5. The number of amides is 2. The lowest BCUT2D eigenvalue weighted by Crippen LogP contribution is -2.43. The van der Waals surface area contributed by atoms with Crippen LogP contribution in [0.3, 0.4) is 0 Å². The number of Topliss-reactive ketones (excluding diaryl/α,β-unsaturated/α-hetero) is 1. The number of carboxylic acids is 1. The predicted octanol–water partition coefficient (Wildman–Crippen LogP) is 2.72. The second kappa shape index (κ2) is 9.86. The van der Waals surface area contributed by atoms with Gasteiger partial charge in [-0.3, -0.25) is 19.2 Å². The van der Waals surface area contributed by atoms with Crippen LogP contribution in [0.15, 0.2) is 18.2 Å². The molecular formula is C19H19Cl2F3N2O5. The van der Waals surface area contributed by atoms with E-state index in [0.717, 1.165) is 5.56 Å². The van der Waals surface area contributed by atoms with Crippen LogP contribution in [0.5, 0.6) is 0 Å². The minimum absolute atomic E-state index is 0.379. The van der Waals surface area contributed by atoms with Crippen LogP contribution in [0.2, 0.25) is 10.0 Å². The Morgan fingerprint density at radius 1 is 1.26 bits per heavy atom. The number of carbonyl (C=O) groups excluding carboxylic acids is 3. The molecule has 7 nitrogen and oxygen atoms in total. The highest BCUT2D eigenvalue weighted by Crippen LogP contribution is 2.29. The number of hydrogen-bond donors (Lipinski definition) is 2. The third kappa shape index (κ3) is 6.33. The number of carbonyl (C=O) groups is 4. The molecule has 1 aliphatic heterocycles. The molecule has 12 heteroatoms. The van der Waals surface area contributed by atoms with E-state index in [-0.39, 0.29) is 0 Å². The van der Waals surface area contributed by atoms with Gasteiger partial charge in [0.2, 0.25) is 11.7 Å². The number of nitrogens with one attached hydrogen (secondary N) is 1. The van der Waals surface area contributed by atoms with Gasteiger partial charge >= 0.3 is 12.1 Å². The molecule has 1 aliphatic rings. The van der Waals surface area contributed by atoms with Crippen LogP contribution in [0, 0.1) is 11.8 Å². The molecule has 1 saturated heterocycles. The summed E-state index contributed by atoms with van der Waals surface area (Å²) in [5, 5.41) is 12.1. The summed E-state index contributed by atoms with van der Waals surface area (Å²) in [5.41, 5.74) is 0.862. The average Bonchev–Trinajstić information content (AvgIpc) is 2.94. The molecule has 0 radical (unpaired) electrons. The smallest absolute Gasteiger partial charge is 0.403 e. The number of likely N-dealkylation sites (tertiary alicyclic amines) is 1. The minimum Gasteiger partial charge on any atom is -0.481 e. The van der Waals surface area contributed by atoms with Gasteiger partial charge in [0.25, 0.3) is 5.91 Å². The quantitative estimate of drug-likeness (QED) is 0.437. The number of ketones is 1. The topological polar surface area (TPSA) is 104 Å². The van der Waals surface area contributed by atoms with Gasteiger partial charge in [0.05, 0.1) is 10.0 Å². The Morgan fingerprint density at radius 3 is 2.45 bits per heavy atom. The van der Waals surface area contributed by atoms with Crippen LogP contribution >= 0.6 is 23.2 Å². The number of nitrogens with zero attached hydrogens (tertiary/aromatic N) is 1. The van der Waals surface area contributed by atoms with Crippen molar-refractivity contribution >= 4 is 46.8 Å². The molecule has 31 heavy (non-hydrogen) atoms. The molecule has 1 aromatic carbocycles. The van der Waals surface area contributed by atoms with Crippen LogP contribution in [0.25, 0.3) is 0 Å². The van der Waals surface area contributed by atoms with Crippen LogP contribution < -0.4 is 5.32 Å². The Labute approximate surface area is 185 Å². The first-order valence-corrected chi connectivity index (χ1v) is 9.93. The maximum absolute atomic E-state index is 12.8. The lowest BCUT2D eigenvalue weighted by molar-refractivity contribution is -0.196. The summed E-state index contributed by atoms with van der Waals surface area (Å²) in [6.07, 6.45) is -4.13. The number of hydrogen-bond acceptors (Lipinski definition) is 4. The molecule has 1 heterocycles. The van der Waals surface area contributed by atoms with Crippen LogP contribution in [0.4, 0.5) is 13.2 Å². The maximum Gasteiger partial charge on any atom is 0.403 e. The first-order chi connectivity index (χ1) is 14.3. The molecule has 1 aromatic rings. The second-order valence-corrected chi connectivity index (χ2v) is 8.07. The Balaban J connectivity index is 1.95. The molecule has 2 rings (SSSR count). The zero-order valence-corrected chi connectivity index (χ0v) is 17.7. The van der Waals surface area contributed by atoms with E-state index in [0.29, 0.717) is 27.8 Å². The fourth-order valence-corrected chi connectivity index (χ4v) is 3.41. The summed E-state index contributed by atoms with van der Waals surface area (Å²) in [6.45, 7) is -0.179. The lowest BCUT2D eigenvalue weighted by atomic mass is 10.0. The number of aliphatic carboxylic acids is 1. The van der Waals surface area contributed by atoms with E-state index in [1.54, 1.807) is 25.1 Å². The van der Waals surface area contributed by atoms with Gasteiger partial charge in [0.15, 0.2) is 5.92 Å². The molecule has 0 saturated carbocycles. The Bertz CT molecular complexity index is 894. The van der Waals surface area contributed by atoms with E-state index in [4.69, 9.17) is 28.3 Å². The maximum atomic E-state index is 12.8. The van der Waals surface area contributed by atoms with Crippen molar-refractivity contribution in [3.63, 3.8) is 0 Å². The van der Waals surface area contributed by atoms with Gasteiger partial charge in [0, 0.05) is 19.1 Å². The van der Waals surface area contributed by atoms with E-state index < -0.39 is 60.7 Å². The third-order valence-corrected chi connectivity index (χ3v) is 5.61. The summed E-state index contributed by atoms with van der Waals surface area (Å²) < 4.78 is 38.5. The molecular weight excluding hydrogens is 464 g/mol. The molecule has 0 aromatic heterocycles. The number of carboxylic acid groups (broad SMARTS) is 1. The normalized spacial score (nSPS) is 18.8. The van der Waals surface area contributed by atoms with Gasteiger partial charge in [-0.1, -0.05) is 29.3 Å². The number of alkyl halides is 3. The number of rotatable bonds is 8. The Morgan fingerprint density at radius 2 is 1.90 bits per heavy atom. The monoisotopic (exact) mass is 482 g/mol. The van der Waals surface area contributed by atoms with Crippen molar-refractivity contribution in [2.45, 2.75) is 32.0 Å². The lowest BCUT2D eigenvalue weighted by Gasteiger charge is -2.22. The largest absolute Gasteiger partial charge is 0.481 e. The number of benzene rings is 1. The average molecular weight is 483 g/mol. The van der Waals surface area contributed by atoms with Crippen molar-refractivity contribution < 1.29 is 37.5 Å². The summed E-state index contributed by atoms with van der Waals surface area (Å²) >= 11 is 11.8. The van der Waals surface area contributed by atoms with E-state index in [1.165, 1.54) is 0 Å². The zero-order valence-electron chi connectivity index (χ0n) is 16.2. The highest BCUT2D eigenvalue weighted by Gasteiger charge is 2.50. The summed E-state index contributed by atoms with van der Waals surface area (Å²) in [5.74, 6) is -9.80. The molecule has 3 atom stereocenters. The molecule has 3 unspecified atom stereocenters. The Hall–Kier alpha value is -2.33. The van der Waals surface area contributed by atoms with E-state index in [9.17, 15) is 32.3 Å². The van der Waals surface area contributed by atoms with Crippen molar-refractivity contribution in [2.75, 3.05) is 13.1 Å². The number of aryl methyl sites for hydroxylation is 1. The molecule has 170 valence electrons. The van der Waals surface area contributed by atoms with Crippen LogP contribution in [0.1, 0.15) is 18.9 Å². The van der Waals surface area contributed by atoms with Gasteiger partial charge in [-0.05, 0) is 37.5 Å². The summed E-state index contributed by atoms with van der Waals surface area (Å²) in [6, 6.07) is 4.65. The molecule has 0 spiro atoms. The SMILES string of the molecule is CC(CCc1ccc(Cl)c(Cl)c1)NC(=O)C1CN(CC(C(=O)O)C(F)(F)F)C(=O)C1=O. The van der Waals surface area contributed by atoms with Gasteiger partial charge in [0.1, 0.15) is 5.92 Å². The highest BCUT2D eigenvalue weighted by atomic mass is 35.5. The Kier molecular flexibility index (Phi) is 7.93. The summed E-state index contributed by atoms with van der Waals surface area (Å²) in [4.78, 5) is 47.8. The minimum atomic E-state index is -5.10. The van der Waals surface area contributed by atoms with Crippen molar-refractivity contribution in [3.8, 4) is 0 Å². The van der Waals surface area contributed by atoms with Gasteiger partial charge in [-0.2, -0.15) is 13.2 Å². The van der Waals surface area contributed by atoms with Gasteiger partial charge < -0.3 is 15.3 Å². The van der Waals surface area contributed by atoms with Crippen molar-refractivity contribution in [2.24, 2.45) is 11.8 Å². The standard InChI is InChI=1S/C19H19Cl2F3N2O5/c1-9(2-3-10-4-5-13(20)14(21)6-10)25-16(28)11-7-26(17(29)15(11)27)8-12(18(30)31)19(22,23)24/h4-6,9,11-12H,2-3,7-8H2,1H3,(H,25,28)(H,30,31). The molecule has 0 aliphatic carbocycles. The van der Waals surface area contributed by atoms with Crippen LogP contribution in [-0.4, -0.2) is 58.9 Å². The van der Waals surface area contributed by atoms with Gasteiger partial charge in [-0.15, -0.1) is 0 Å². The molecule has 1 fully saturated rings. The van der Waals surface area contributed by atoms with E-state index >= 15 is 0 Å². The molecule has 2 amide bonds. The van der Waals surface area contributed by atoms with Crippen LogP contribution in [-0.2, 0) is 25.6 Å². The second-order valence-electron chi connectivity index (χ2n) is 7.26. The third-order valence-electron chi connectivity index (χ3n) is 4.87. The fraction of sp³-hybridized carbons (Fsp3) is 0.474. The van der Waals surface area contributed by atoms with E-state index in [2.05, 4.69) is 5.32 Å². The molecule has 0 bridgehead atoms. The number of halogens is 5. The van der Waals surface area contributed by atoms with Gasteiger partial charge in [-0.25, -0.2) is 0 Å². The fourth-order valence-electron chi connectivity index (χ4n) is 3.09. The van der Waals surface area contributed by atoms with E-state index in [1.807, 2.05) is 0 Å². The van der Waals surface area contributed by atoms with Crippen molar-refractivity contribution in [1.82, 2.24) is 10.2 Å². The first-order valence-electron chi connectivity index (χ1n) is 9.18. The van der Waals surface area contributed by atoms with Crippen molar-refractivity contribution in [1.29, 1.82) is 0 Å². The first kappa shape index (κ1) is 24.9. The summed E-state index contributed by atoms with van der Waals surface area (Å²) in [7, 11) is 0. The highest BCUT2D eigenvalue weighted by molar-refractivity contribution is 6.42. The van der Waals surface area contributed by atoms with Crippen molar-refractivity contribution in [3.05, 3.63) is 33.8 Å². The predicted molar refractivity (Wildman–Crippen MR) is 105 cm³/mol. The molecule has 2 N–H and O–H groups in total.